The highest BCUT2D eigenvalue weighted by atomic mass is 16.5. The monoisotopic (exact) mass is 281 g/mol. The molecule has 0 saturated heterocycles. The number of nitrogens with one attached hydrogen (secondary N) is 1. The van der Waals surface area contributed by atoms with Crippen LogP contribution in [-0.4, -0.2) is 41.3 Å². The summed E-state index contributed by atoms with van der Waals surface area (Å²) in [6, 6.07) is 0.464. The van der Waals surface area contributed by atoms with Crippen molar-refractivity contribution in [3.8, 4) is 12.0 Å². The minimum Gasteiger partial charge on any atom is -0.467 e. The van der Waals surface area contributed by atoms with Crippen molar-refractivity contribution >= 4 is 5.95 Å². The summed E-state index contributed by atoms with van der Waals surface area (Å²) in [4.78, 5) is 12.4. The summed E-state index contributed by atoms with van der Waals surface area (Å²) in [6.07, 6.45) is 4.43. The van der Waals surface area contributed by atoms with Crippen LogP contribution in [0.1, 0.15) is 32.6 Å². The standard InChI is InChI=1S/C13H23N5O2/c1-9-5-4-6-13(7-9,8-14)18-10-15-11(19-2)17-12(16-10)20-3/h9H,4-8,14H2,1-3H3,(H,15,16,17,18). The number of nitrogens with zero attached hydrogens (tertiary/aromatic N) is 3. The number of hydrogen-bond donors (Lipinski definition) is 2. The first kappa shape index (κ1) is 14.8. The summed E-state index contributed by atoms with van der Waals surface area (Å²) >= 11 is 0. The molecule has 7 nitrogen and oxygen atoms in total. The highest BCUT2D eigenvalue weighted by Crippen LogP contribution is 2.34. The maximum atomic E-state index is 5.99. The second-order valence-electron chi connectivity index (χ2n) is 5.44. The van der Waals surface area contributed by atoms with Crippen molar-refractivity contribution in [1.29, 1.82) is 0 Å². The number of rotatable bonds is 5. The summed E-state index contributed by atoms with van der Waals surface area (Å²) in [5.74, 6) is 1.10. The van der Waals surface area contributed by atoms with Gasteiger partial charge in [-0.05, 0) is 18.8 Å². The third kappa shape index (κ3) is 3.27. The topological polar surface area (TPSA) is 95.2 Å². The maximum Gasteiger partial charge on any atom is 0.324 e. The zero-order valence-corrected chi connectivity index (χ0v) is 12.3. The fourth-order valence-electron chi connectivity index (χ4n) is 2.82. The minimum atomic E-state index is -0.158. The highest BCUT2D eigenvalue weighted by Gasteiger charge is 2.34. The molecule has 0 bridgehead atoms. The zero-order valence-electron chi connectivity index (χ0n) is 12.3. The molecule has 3 N–H and O–H groups in total. The van der Waals surface area contributed by atoms with E-state index >= 15 is 0 Å². The Kier molecular flexibility index (Phi) is 4.59. The van der Waals surface area contributed by atoms with Crippen molar-refractivity contribution in [1.82, 2.24) is 15.0 Å². The van der Waals surface area contributed by atoms with Crippen LogP contribution in [0.15, 0.2) is 0 Å². The Morgan fingerprint density at radius 1 is 1.25 bits per heavy atom. The second kappa shape index (κ2) is 6.21. The molecule has 1 aliphatic rings. The van der Waals surface area contributed by atoms with Gasteiger partial charge in [0.25, 0.3) is 0 Å². The molecular weight excluding hydrogens is 258 g/mol. The third-order valence-corrected chi connectivity index (χ3v) is 3.82. The lowest BCUT2D eigenvalue weighted by Crippen LogP contribution is -2.49. The number of anilines is 1. The lowest BCUT2D eigenvalue weighted by Gasteiger charge is -2.39. The molecule has 1 fully saturated rings. The Morgan fingerprint density at radius 3 is 2.40 bits per heavy atom. The molecule has 2 rings (SSSR count). The first-order valence-electron chi connectivity index (χ1n) is 6.93. The molecule has 0 amide bonds. The van der Waals surface area contributed by atoms with Gasteiger partial charge in [-0.1, -0.05) is 19.8 Å². The smallest absolute Gasteiger partial charge is 0.324 e. The van der Waals surface area contributed by atoms with Crippen LogP contribution in [-0.2, 0) is 0 Å². The van der Waals surface area contributed by atoms with Crippen molar-refractivity contribution in [2.45, 2.75) is 38.1 Å². The first-order chi connectivity index (χ1) is 9.60. The molecule has 112 valence electrons. The van der Waals surface area contributed by atoms with Crippen LogP contribution in [0.5, 0.6) is 12.0 Å². The predicted molar refractivity (Wildman–Crippen MR) is 76.0 cm³/mol. The highest BCUT2D eigenvalue weighted by molar-refractivity contribution is 5.32. The van der Waals surface area contributed by atoms with Gasteiger partial charge in [-0.3, -0.25) is 0 Å². The number of nitrogens with two attached hydrogens (primary N) is 1. The summed E-state index contributed by atoms with van der Waals surface area (Å²) in [7, 11) is 3.03. The van der Waals surface area contributed by atoms with Gasteiger partial charge < -0.3 is 20.5 Å². The van der Waals surface area contributed by atoms with E-state index in [1.165, 1.54) is 20.6 Å². The van der Waals surface area contributed by atoms with Crippen molar-refractivity contribution in [3.63, 3.8) is 0 Å². The van der Waals surface area contributed by atoms with Gasteiger partial charge in [0, 0.05) is 6.54 Å². The third-order valence-electron chi connectivity index (χ3n) is 3.82. The molecule has 1 saturated carbocycles. The van der Waals surface area contributed by atoms with Crippen molar-refractivity contribution < 1.29 is 9.47 Å². The van der Waals surface area contributed by atoms with Gasteiger partial charge in [-0.15, -0.1) is 4.98 Å². The van der Waals surface area contributed by atoms with E-state index in [-0.39, 0.29) is 17.6 Å². The molecule has 20 heavy (non-hydrogen) atoms. The zero-order chi connectivity index (χ0) is 14.6. The molecule has 2 atom stereocenters. The Labute approximate surface area is 119 Å². The van der Waals surface area contributed by atoms with Crippen molar-refractivity contribution in [3.05, 3.63) is 0 Å². The lowest BCUT2D eigenvalue weighted by molar-refractivity contribution is 0.261. The second-order valence-corrected chi connectivity index (χ2v) is 5.44. The minimum absolute atomic E-state index is 0.158. The average molecular weight is 281 g/mol. The summed E-state index contributed by atoms with van der Waals surface area (Å²) in [5, 5.41) is 3.38. The Hall–Kier alpha value is -1.63. The molecule has 0 aromatic carbocycles. The Bertz CT molecular complexity index is 434. The molecule has 0 aliphatic heterocycles. The van der Waals surface area contributed by atoms with Gasteiger partial charge in [0.05, 0.1) is 19.8 Å². The van der Waals surface area contributed by atoms with Gasteiger partial charge in [-0.2, -0.15) is 9.97 Å². The molecule has 1 aromatic heterocycles. The van der Waals surface area contributed by atoms with E-state index in [9.17, 15) is 0 Å². The molecule has 1 heterocycles. The van der Waals surface area contributed by atoms with Crippen LogP contribution in [0, 0.1) is 5.92 Å². The Morgan fingerprint density at radius 2 is 1.90 bits per heavy atom. The molecule has 0 spiro atoms. The molecule has 2 unspecified atom stereocenters. The Balaban J connectivity index is 2.22. The number of ether oxygens (including phenoxy) is 2. The first-order valence-corrected chi connectivity index (χ1v) is 6.93. The van der Waals surface area contributed by atoms with Crippen LogP contribution in [0.4, 0.5) is 5.95 Å². The molecule has 1 aromatic rings. The van der Waals surface area contributed by atoms with Gasteiger partial charge in [0.2, 0.25) is 5.95 Å². The van der Waals surface area contributed by atoms with E-state index in [4.69, 9.17) is 15.2 Å². The van der Waals surface area contributed by atoms with Crippen LogP contribution in [0.25, 0.3) is 0 Å². The summed E-state index contributed by atoms with van der Waals surface area (Å²) < 4.78 is 10.1. The average Bonchev–Trinajstić information content (AvgIpc) is 2.46. The van der Waals surface area contributed by atoms with Crippen LogP contribution in [0.3, 0.4) is 0 Å². The number of aromatic nitrogens is 3. The fraction of sp³-hybridized carbons (Fsp3) is 0.769. The normalized spacial score (nSPS) is 26.1. The SMILES string of the molecule is COc1nc(NC2(CN)CCCC(C)C2)nc(OC)n1. The predicted octanol–water partition coefficient (Wildman–Crippen LogP) is 1.21. The lowest BCUT2D eigenvalue weighted by atomic mass is 9.76. The van der Waals surface area contributed by atoms with Crippen LogP contribution in [0.2, 0.25) is 0 Å². The maximum absolute atomic E-state index is 5.99. The fourth-order valence-corrected chi connectivity index (χ4v) is 2.82. The molecule has 0 radical (unpaired) electrons. The quantitative estimate of drug-likeness (QED) is 0.837. The van der Waals surface area contributed by atoms with E-state index in [1.807, 2.05) is 0 Å². The number of hydrogen-bond acceptors (Lipinski definition) is 7. The summed E-state index contributed by atoms with van der Waals surface area (Å²) in [6.45, 7) is 2.80. The van der Waals surface area contributed by atoms with E-state index in [2.05, 4.69) is 27.2 Å². The van der Waals surface area contributed by atoms with Gasteiger partial charge in [0.1, 0.15) is 0 Å². The van der Waals surface area contributed by atoms with Crippen molar-refractivity contribution in [2.75, 3.05) is 26.1 Å². The van der Waals surface area contributed by atoms with Crippen LogP contribution < -0.4 is 20.5 Å². The summed E-state index contributed by atoms with van der Waals surface area (Å²) in [5.41, 5.74) is 5.84. The van der Waals surface area contributed by atoms with Gasteiger partial charge in [0.15, 0.2) is 0 Å². The van der Waals surface area contributed by atoms with Crippen molar-refractivity contribution in [2.24, 2.45) is 11.7 Å². The van der Waals surface area contributed by atoms with Gasteiger partial charge >= 0.3 is 12.0 Å². The van der Waals surface area contributed by atoms with E-state index in [1.54, 1.807) is 0 Å². The number of methoxy groups -OCH3 is 2. The molecule has 1 aliphatic carbocycles. The van der Waals surface area contributed by atoms with E-state index in [0.29, 0.717) is 18.4 Å². The molecular formula is C13H23N5O2. The van der Waals surface area contributed by atoms with Gasteiger partial charge in [-0.25, -0.2) is 0 Å². The van der Waals surface area contributed by atoms with E-state index in [0.717, 1.165) is 19.3 Å². The largest absolute Gasteiger partial charge is 0.467 e. The van der Waals surface area contributed by atoms with E-state index < -0.39 is 0 Å². The molecule has 7 heteroatoms. The van der Waals surface area contributed by atoms with Crippen LogP contribution >= 0.6 is 0 Å².